The maximum atomic E-state index is 13.8. The molecule has 0 bridgehead atoms. The number of imidazole rings is 1. The number of rotatable bonds is 30. The van der Waals surface area contributed by atoms with Crippen LogP contribution in [-0.2, 0) is 49.4 Å². The van der Waals surface area contributed by atoms with Crippen molar-refractivity contribution in [2.45, 2.75) is 128 Å². The molecule has 5 rings (SSSR count). The molecular weight excluding hydrogens is 915 g/mol. The second kappa shape index (κ2) is 25.4. The van der Waals surface area contributed by atoms with Crippen molar-refractivity contribution in [3.05, 3.63) is 54.8 Å². The zero-order valence-corrected chi connectivity index (χ0v) is 46.3. The SMILES string of the molecule is C=C(OCC)c1c(C2CCC(OCCOC)(C(=O)OCCOC)CC2)nc2c(-c3ccc(-c4nccn4COCC[Si](C)(C)C)nc3)cnn2c1N(COCC[Si](C)(C)C)COCC[Si](C)(C)C. The molecule has 1 aliphatic carbocycles. The molecule has 68 heavy (non-hydrogen) atoms. The molecule has 0 radical (unpaired) electrons. The summed E-state index contributed by atoms with van der Waals surface area (Å²) in [5, 5.41) is 5.07. The van der Waals surface area contributed by atoms with Crippen molar-refractivity contribution in [3.8, 4) is 22.6 Å². The highest BCUT2D eigenvalue weighted by atomic mass is 28.3. The highest BCUT2D eigenvalue weighted by Crippen LogP contribution is 2.45. The van der Waals surface area contributed by atoms with Gasteiger partial charge in [0.2, 0.25) is 0 Å². The van der Waals surface area contributed by atoms with E-state index >= 15 is 0 Å². The Morgan fingerprint density at radius 1 is 0.794 bits per heavy atom. The van der Waals surface area contributed by atoms with E-state index in [9.17, 15) is 4.79 Å². The summed E-state index contributed by atoms with van der Waals surface area (Å²) in [6.07, 6.45) is 9.37. The third-order valence-corrected chi connectivity index (χ3v) is 17.1. The fourth-order valence-corrected chi connectivity index (χ4v) is 10.1. The molecule has 0 saturated heterocycles. The third kappa shape index (κ3) is 15.9. The molecule has 0 unspecified atom stereocenters. The Labute approximate surface area is 408 Å². The molecule has 1 fully saturated rings. The van der Waals surface area contributed by atoms with Crippen molar-refractivity contribution in [3.63, 3.8) is 0 Å². The van der Waals surface area contributed by atoms with E-state index in [4.69, 9.17) is 53.0 Å². The molecule has 4 aromatic rings. The fourth-order valence-electron chi connectivity index (χ4n) is 7.87. The Balaban J connectivity index is 1.62. The molecule has 4 heterocycles. The predicted molar refractivity (Wildman–Crippen MR) is 277 cm³/mol. The minimum atomic E-state index is -1.39. The summed E-state index contributed by atoms with van der Waals surface area (Å²) in [5.74, 6) is 1.40. The van der Waals surface area contributed by atoms with Crippen LogP contribution < -0.4 is 4.90 Å². The van der Waals surface area contributed by atoms with Crippen LogP contribution in [0.1, 0.15) is 49.8 Å². The lowest BCUT2D eigenvalue weighted by Gasteiger charge is -2.38. The number of nitrogens with zero attached hydrogens (tertiary/aromatic N) is 7. The number of carbonyl (C=O) groups excluding carboxylic acids is 1. The summed E-state index contributed by atoms with van der Waals surface area (Å²) in [5.41, 5.74) is 3.38. The van der Waals surface area contributed by atoms with Crippen LogP contribution in [0.4, 0.5) is 5.82 Å². The minimum Gasteiger partial charge on any atom is -0.494 e. The molecule has 0 atom stereocenters. The Bertz CT molecular complexity index is 2170. The maximum absolute atomic E-state index is 13.8. The first kappa shape index (κ1) is 55.1. The number of methoxy groups -OCH3 is 2. The van der Waals surface area contributed by atoms with Crippen LogP contribution in [0.2, 0.25) is 77.1 Å². The van der Waals surface area contributed by atoms with Crippen LogP contribution in [0, 0.1) is 0 Å². The monoisotopic (exact) mass is 996 g/mol. The summed E-state index contributed by atoms with van der Waals surface area (Å²) in [6.45, 7) is 31.9. The summed E-state index contributed by atoms with van der Waals surface area (Å²) >= 11 is 0. The molecule has 4 aromatic heterocycles. The number of pyridine rings is 1. The van der Waals surface area contributed by atoms with Gasteiger partial charge >= 0.3 is 5.97 Å². The maximum Gasteiger partial charge on any atom is 0.338 e. The Morgan fingerprint density at radius 2 is 1.41 bits per heavy atom. The molecule has 378 valence electrons. The van der Waals surface area contributed by atoms with Gasteiger partial charge in [-0.1, -0.05) is 71.6 Å². The normalized spacial score (nSPS) is 16.9. The largest absolute Gasteiger partial charge is 0.494 e. The van der Waals surface area contributed by atoms with Gasteiger partial charge in [-0.15, -0.1) is 0 Å². The molecule has 0 N–H and O–H groups in total. The number of hydrogen-bond donors (Lipinski definition) is 0. The van der Waals surface area contributed by atoms with Crippen molar-refractivity contribution in [2.75, 3.05) is 85.4 Å². The lowest BCUT2D eigenvalue weighted by Crippen LogP contribution is -2.47. The highest BCUT2D eigenvalue weighted by Gasteiger charge is 2.46. The number of aromatic nitrogens is 6. The van der Waals surface area contributed by atoms with Gasteiger partial charge in [-0.3, -0.25) is 4.98 Å². The average molecular weight is 996 g/mol. The molecule has 0 spiro atoms. The average Bonchev–Trinajstić information content (AvgIpc) is 3.94. The minimum absolute atomic E-state index is 0.116. The van der Waals surface area contributed by atoms with Gasteiger partial charge < -0.3 is 47.4 Å². The van der Waals surface area contributed by atoms with Crippen molar-refractivity contribution >= 4 is 47.4 Å². The zero-order valence-electron chi connectivity index (χ0n) is 43.3. The smallest absolute Gasteiger partial charge is 0.338 e. The Kier molecular flexibility index (Phi) is 20.6. The van der Waals surface area contributed by atoms with Gasteiger partial charge in [0, 0.05) is 93.9 Å². The summed E-state index contributed by atoms with van der Waals surface area (Å²) in [6, 6.07) is 7.13. The van der Waals surface area contributed by atoms with Crippen molar-refractivity contribution in [1.29, 1.82) is 0 Å². The van der Waals surface area contributed by atoms with E-state index in [0.29, 0.717) is 89.3 Å². The summed E-state index contributed by atoms with van der Waals surface area (Å²) < 4.78 is 51.9. The Hall–Kier alpha value is -3.80. The van der Waals surface area contributed by atoms with E-state index in [-0.39, 0.29) is 32.6 Å². The molecule has 0 amide bonds. The number of fused-ring (bicyclic) bond motifs is 1. The molecule has 0 aliphatic heterocycles. The summed E-state index contributed by atoms with van der Waals surface area (Å²) in [4.78, 5) is 31.0. The van der Waals surface area contributed by atoms with Crippen molar-refractivity contribution in [2.24, 2.45) is 0 Å². The molecule has 1 aliphatic rings. The van der Waals surface area contributed by atoms with Crippen LogP contribution >= 0.6 is 0 Å². The van der Waals surface area contributed by atoms with Gasteiger partial charge in [0.1, 0.15) is 44.1 Å². The molecular formula is C49H81N7O9Si3. The first-order chi connectivity index (χ1) is 32.3. The van der Waals surface area contributed by atoms with Crippen LogP contribution in [0.5, 0.6) is 0 Å². The highest BCUT2D eigenvalue weighted by molar-refractivity contribution is 6.76. The van der Waals surface area contributed by atoms with Gasteiger partial charge in [0.25, 0.3) is 0 Å². The van der Waals surface area contributed by atoms with Gasteiger partial charge in [-0.25, -0.2) is 14.8 Å². The van der Waals surface area contributed by atoms with Gasteiger partial charge in [-0.2, -0.15) is 9.61 Å². The van der Waals surface area contributed by atoms with E-state index in [0.717, 1.165) is 52.0 Å². The second-order valence-corrected chi connectivity index (χ2v) is 38.2. The zero-order chi connectivity index (χ0) is 49.5. The molecule has 16 nitrogen and oxygen atoms in total. The number of anilines is 1. The van der Waals surface area contributed by atoms with E-state index in [1.807, 2.05) is 46.7 Å². The van der Waals surface area contributed by atoms with Crippen molar-refractivity contribution in [1.82, 2.24) is 29.1 Å². The molecule has 1 saturated carbocycles. The van der Waals surface area contributed by atoms with Crippen LogP contribution in [0.25, 0.3) is 34.1 Å². The van der Waals surface area contributed by atoms with Gasteiger partial charge in [0.15, 0.2) is 17.1 Å². The third-order valence-electron chi connectivity index (χ3n) is 12.0. The van der Waals surface area contributed by atoms with Crippen LogP contribution in [-0.4, -0.2) is 145 Å². The fraction of sp³-hybridized carbons (Fsp3) is 0.653. The van der Waals surface area contributed by atoms with Crippen molar-refractivity contribution < 1.29 is 42.7 Å². The second-order valence-electron chi connectivity index (χ2n) is 21.3. The van der Waals surface area contributed by atoms with Crippen LogP contribution in [0.3, 0.4) is 0 Å². The van der Waals surface area contributed by atoms with Crippen LogP contribution in [0.15, 0.2) is 43.5 Å². The predicted octanol–water partition coefficient (Wildman–Crippen LogP) is 9.65. The van der Waals surface area contributed by atoms with Gasteiger partial charge in [0.05, 0.1) is 43.9 Å². The first-order valence-corrected chi connectivity index (χ1v) is 35.4. The van der Waals surface area contributed by atoms with E-state index < -0.39 is 35.8 Å². The number of ether oxygens (including phenoxy) is 8. The first-order valence-electron chi connectivity index (χ1n) is 24.3. The number of carbonyl (C=O) groups is 1. The topological polar surface area (TPSA) is 155 Å². The number of hydrogen-bond acceptors (Lipinski definition) is 14. The number of esters is 1. The standard InChI is InChI=1S/C49H81N7O9Si3/c1-14-63-38(2)43-44(39-17-19-49(20-18-39,65-26-24-59-4)48(57)64-25-23-58-3)53-45-41(40-15-16-42(51-33-40)46-50-21-22-54(46)35-60-27-30-66(5,6)7)34-52-56(45)47(43)55(36-61-28-31-67(8,9)10)37-62-29-32-68(11,12)13/h15-16,21-22,33-34,39H,2,14,17-20,23-32,35-37H2,1,3-13H3. The molecule has 19 heteroatoms. The van der Waals surface area contributed by atoms with Gasteiger partial charge in [-0.05, 0) is 56.8 Å². The molecule has 0 aromatic carbocycles. The lowest BCUT2D eigenvalue weighted by molar-refractivity contribution is -0.181. The van der Waals surface area contributed by atoms with E-state index in [2.05, 4.69) is 75.4 Å². The van der Waals surface area contributed by atoms with E-state index in [1.54, 1.807) is 20.4 Å². The van der Waals surface area contributed by atoms with E-state index in [1.165, 1.54) is 0 Å². The Morgan fingerprint density at radius 3 is 1.99 bits per heavy atom. The quantitative estimate of drug-likeness (QED) is 0.0160. The summed E-state index contributed by atoms with van der Waals surface area (Å²) in [7, 11) is -0.812. The lowest BCUT2D eigenvalue weighted by atomic mass is 9.76.